The number of carbonyl (C=O) groups excluding carboxylic acids is 2. The summed E-state index contributed by atoms with van der Waals surface area (Å²) in [6.45, 7) is 0. The Morgan fingerprint density at radius 1 is 1.17 bits per heavy atom. The minimum Gasteiger partial charge on any atom is -0.507 e. The van der Waals surface area contributed by atoms with Gasteiger partial charge in [-0.15, -0.1) is 0 Å². The molecule has 2 aromatic rings. The lowest BCUT2D eigenvalue weighted by Crippen LogP contribution is -2.25. The van der Waals surface area contributed by atoms with Gasteiger partial charge in [-0.2, -0.15) is 10.1 Å². The van der Waals surface area contributed by atoms with Crippen LogP contribution in [0, 0.1) is 0 Å². The highest BCUT2D eigenvalue weighted by Gasteiger charge is 2.39. The van der Waals surface area contributed by atoms with Gasteiger partial charge in [0.25, 0.3) is 11.8 Å². The third-order valence-electron chi connectivity index (χ3n) is 3.62. The summed E-state index contributed by atoms with van der Waals surface area (Å²) in [4.78, 5) is 24.5. The molecule has 0 aliphatic carbocycles. The first-order chi connectivity index (χ1) is 11.1. The SMILES string of the molecule is O=C1CC(c2cccc(Br)c2)C(=O)N1/N=C/c1ccccc1O. The van der Waals surface area contributed by atoms with E-state index in [1.807, 2.05) is 24.3 Å². The molecule has 0 bridgehead atoms. The number of imide groups is 1. The first kappa shape index (κ1) is 15.4. The molecule has 3 rings (SSSR count). The number of hydrogen-bond acceptors (Lipinski definition) is 4. The van der Waals surface area contributed by atoms with Crippen molar-refractivity contribution < 1.29 is 14.7 Å². The summed E-state index contributed by atoms with van der Waals surface area (Å²) in [5.74, 6) is -1.20. The van der Waals surface area contributed by atoms with Crippen molar-refractivity contribution in [3.8, 4) is 5.75 Å². The van der Waals surface area contributed by atoms with E-state index in [0.29, 0.717) is 5.56 Å². The van der Waals surface area contributed by atoms with Crippen molar-refractivity contribution in [3.63, 3.8) is 0 Å². The Hall–Kier alpha value is -2.47. The largest absolute Gasteiger partial charge is 0.507 e. The molecule has 1 fully saturated rings. The van der Waals surface area contributed by atoms with Crippen LogP contribution in [-0.4, -0.2) is 28.1 Å². The lowest BCUT2D eigenvalue weighted by molar-refractivity contribution is -0.138. The van der Waals surface area contributed by atoms with Gasteiger partial charge < -0.3 is 5.11 Å². The second-order valence-electron chi connectivity index (χ2n) is 5.16. The first-order valence-corrected chi connectivity index (χ1v) is 7.80. The van der Waals surface area contributed by atoms with Crippen molar-refractivity contribution in [2.75, 3.05) is 0 Å². The van der Waals surface area contributed by atoms with E-state index in [9.17, 15) is 14.7 Å². The molecule has 1 N–H and O–H groups in total. The van der Waals surface area contributed by atoms with Gasteiger partial charge in [0.2, 0.25) is 0 Å². The zero-order valence-electron chi connectivity index (χ0n) is 12.0. The van der Waals surface area contributed by atoms with Crippen LogP contribution in [0.1, 0.15) is 23.5 Å². The second kappa shape index (κ2) is 6.34. The predicted molar refractivity (Wildman–Crippen MR) is 89.1 cm³/mol. The molecule has 0 radical (unpaired) electrons. The molecule has 0 saturated carbocycles. The Balaban J connectivity index is 1.83. The topological polar surface area (TPSA) is 70.0 Å². The lowest BCUT2D eigenvalue weighted by Gasteiger charge is -2.09. The number of hydrazone groups is 1. The number of aromatic hydroxyl groups is 1. The molecule has 1 unspecified atom stereocenters. The van der Waals surface area contributed by atoms with Crippen molar-refractivity contribution in [1.29, 1.82) is 0 Å². The zero-order chi connectivity index (χ0) is 16.4. The summed E-state index contributed by atoms with van der Waals surface area (Å²) in [5, 5.41) is 14.5. The highest BCUT2D eigenvalue weighted by atomic mass is 79.9. The first-order valence-electron chi connectivity index (χ1n) is 7.00. The number of nitrogens with zero attached hydrogens (tertiary/aromatic N) is 2. The third-order valence-corrected chi connectivity index (χ3v) is 4.12. The second-order valence-corrected chi connectivity index (χ2v) is 6.07. The predicted octanol–water partition coefficient (Wildman–Crippen LogP) is 3.03. The molecule has 1 heterocycles. The summed E-state index contributed by atoms with van der Waals surface area (Å²) in [6.07, 6.45) is 1.40. The molecule has 2 amide bonds. The van der Waals surface area contributed by atoms with Crippen LogP contribution in [0.5, 0.6) is 5.75 Å². The van der Waals surface area contributed by atoms with Gasteiger partial charge in [0.1, 0.15) is 5.75 Å². The smallest absolute Gasteiger partial charge is 0.257 e. The molecule has 1 atom stereocenters. The Labute approximate surface area is 141 Å². The summed E-state index contributed by atoms with van der Waals surface area (Å²) in [7, 11) is 0. The van der Waals surface area contributed by atoms with Crippen LogP contribution >= 0.6 is 15.9 Å². The standard InChI is InChI=1S/C17H13BrN2O3/c18-13-6-3-5-11(8-13)14-9-16(22)20(17(14)23)19-10-12-4-1-2-7-15(12)21/h1-8,10,14,21H,9H2/b19-10+. The lowest BCUT2D eigenvalue weighted by atomic mass is 9.98. The van der Waals surface area contributed by atoms with E-state index in [4.69, 9.17) is 0 Å². The minimum absolute atomic E-state index is 0.0406. The monoisotopic (exact) mass is 372 g/mol. The number of benzene rings is 2. The molecule has 1 aliphatic heterocycles. The van der Waals surface area contributed by atoms with Crippen LogP contribution in [-0.2, 0) is 9.59 Å². The number of phenols is 1. The maximum Gasteiger partial charge on any atom is 0.257 e. The fraction of sp³-hybridized carbons (Fsp3) is 0.118. The normalized spacial score (nSPS) is 18.1. The molecule has 0 aromatic heterocycles. The maximum absolute atomic E-state index is 12.4. The van der Waals surface area contributed by atoms with Crippen molar-refractivity contribution >= 4 is 34.0 Å². The summed E-state index contributed by atoms with van der Waals surface area (Å²) < 4.78 is 0.853. The molecule has 5 nitrogen and oxygen atoms in total. The van der Waals surface area contributed by atoms with Crippen LogP contribution in [0.3, 0.4) is 0 Å². The molecule has 2 aromatic carbocycles. The Kier molecular flexibility index (Phi) is 4.25. The van der Waals surface area contributed by atoms with Crippen LogP contribution in [0.15, 0.2) is 58.1 Å². The summed E-state index contributed by atoms with van der Waals surface area (Å²) >= 11 is 3.36. The number of para-hydroxylation sites is 1. The van der Waals surface area contributed by atoms with E-state index in [-0.39, 0.29) is 24.0 Å². The molecular formula is C17H13BrN2O3. The van der Waals surface area contributed by atoms with E-state index < -0.39 is 5.92 Å². The quantitative estimate of drug-likeness (QED) is 0.664. The number of halogens is 1. The van der Waals surface area contributed by atoms with Gasteiger partial charge in [0.05, 0.1) is 12.1 Å². The van der Waals surface area contributed by atoms with Crippen LogP contribution in [0.25, 0.3) is 0 Å². The van der Waals surface area contributed by atoms with E-state index in [1.54, 1.807) is 18.2 Å². The molecule has 1 aliphatic rings. The van der Waals surface area contributed by atoms with Gasteiger partial charge >= 0.3 is 0 Å². The van der Waals surface area contributed by atoms with Crippen LogP contribution < -0.4 is 0 Å². The van der Waals surface area contributed by atoms with Crippen LogP contribution in [0.2, 0.25) is 0 Å². The summed E-state index contributed by atoms with van der Waals surface area (Å²) in [6, 6.07) is 13.9. The zero-order valence-corrected chi connectivity index (χ0v) is 13.6. The molecule has 1 saturated heterocycles. The van der Waals surface area contributed by atoms with E-state index >= 15 is 0 Å². The third kappa shape index (κ3) is 3.17. The Morgan fingerprint density at radius 2 is 1.96 bits per heavy atom. The molecular weight excluding hydrogens is 360 g/mol. The van der Waals surface area contributed by atoms with Crippen molar-refractivity contribution in [2.45, 2.75) is 12.3 Å². The average molecular weight is 373 g/mol. The average Bonchev–Trinajstić information content (AvgIpc) is 2.81. The fourth-order valence-electron chi connectivity index (χ4n) is 2.44. The fourth-order valence-corrected chi connectivity index (χ4v) is 2.86. The molecule has 0 spiro atoms. The van der Waals surface area contributed by atoms with Gasteiger partial charge in [-0.3, -0.25) is 9.59 Å². The molecule has 6 heteroatoms. The van der Waals surface area contributed by atoms with E-state index in [2.05, 4.69) is 21.0 Å². The Bertz CT molecular complexity index is 804. The van der Waals surface area contributed by atoms with Crippen LogP contribution in [0.4, 0.5) is 0 Å². The van der Waals surface area contributed by atoms with Gasteiger partial charge in [-0.05, 0) is 29.8 Å². The molecule has 23 heavy (non-hydrogen) atoms. The van der Waals surface area contributed by atoms with Gasteiger partial charge in [0, 0.05) is 16.5 Å². The highest BCUT2D eigenvalue weighted by Crippen LogP contribution is 2.31. The maximum atomic E-state index is 12.4. The number of carbonyl (C=O) groups is 2. The number of amides is 2. The Morgan fingerprint density at radius 3 is 2.70 bits per heavy atom. The minimum atomic E-state index is -0.526. The number of hydrogen-bond donors (Lipinski definition) is 1. The van der Waals surface area contributed by atoms with Crippen molar-refractivity contribution in [1.82, 2.24) is 5.01 Å². The van der Waals surface area contributed by atoms with Crippen molar-refractivity contribution in [3.05, 3.63) is 64.1 Å². The summed E-state index contributed by atoms with van der Waals surface area (Å²) in [5.41, 5.74) is 1.22. The van der Waals surface area contributed by atoms with Gasteiger partial charge in [-0.1, -0.05) is 40.2 Å². The number of phenolic OH excluding ortho intramolecular Hbond substituents is 1. The highest BCUT2D eigenvalue weighted by molar-refractivity contribution is 9.10. The van der Waals surface area contributed by atoms with E-state index in [0.717, 1.165) is 15.0 Å². The number of rotatable bonds is 3. The van der Waals surface area contributed by atoms with E-state index in [1.165, 1.54) is 12.3 Å². The van der Waals surface area contributed by atoms with Crippen molar-refractivity contribution in [2.24, 2.45) is 5.10 Å². The molecule has 116 valence electrons. The van der Waals surface area contributed by atoms with Gasteiger partial charge in [-0.25, -0.2) is 0 Å². The van der Waals surface area contributed by atoms with Gasteiger partial charge in [0.15, 0.2) is 0 Å².